The van der Waals surface area contributed by atoms with Crippen LogP contribution in [0.2, 0.25) is 0 Å². The van der Waals surface area contributed by atoms with Crippen molar-refractivity contribution in [3.63, 3.8) is 0 Å². The van der Waals surface area contributed by atoms with Crippen LogP contribution in [0.4, 0.5) is 19.0 Å². The Kier molecular flexibility index (Phi) is 4.07. The molecule has 2 N–H and O–H groups in total. The van der Waals surface area contributed by atoms with Crippen molar-refractivity contribution in [3.8, 4) is 0 Å². The van der Waals surface area contributed by atoms with Gasteiger partial charge in [0.1, 0.15) is 11.4 Å². The van der Waals surface area contributed by atoms with E-state index in [1.807, 2.05) is 0 Å². The second-order valence-electron chi connectivity index (χ2n) is 5.03. The van der Waals surface area contributed by atoms with Gasteiger partial charge in [0.05, 0.1) is 17.7 Å². The van der Waals surface area contributed by atoms with Crippen LogP contribution >= 0.6 is 0 Å². The SMILES string of the molecule is CC(C)(C)OC(=O)Cc1cc(C(F)(F)F)cc(N)n1. The number of pyridine rings is 1. The van der Waals surface area contributed by atoms with Crippen LogP contribution in [0.15, 0.2) is 12.1 Å². The third kappa shape index (κ3) is 5.15. The maximum absolute atomic E-state index is 12.6. The molecule has 1 heterocycles. The summed E-state index contributed by atoms with van der Waals surface area (Å²) in [6.07, 6.45) is -4.88. The van der Waals surface area contributed by atoms with Gasteiger partial charge in [-0.3, -0.25) is 4.79 Å². The molecular weight excluding hydrogens is 261 g/mol. The maximum atomic E-state index is 12.6. The molecule has 0 fully saturated rings. The third-order valence-corrected chi connectivity index (χ3v) is 1.97. The highest BCUT2D eigenvalue weighted by molar-refractivity contribution is 5.72. The van der Waals surface area contributed by atoms with Crippen molar-refractivity contribution in [1.82, 2.24) is 4.98 Å². The summed E-state index contributed by atoms with van der Waals surface area (Å²) in [5, 5.41) is 0. The van der Waals surface area contributed by atoms with Crippen LogP contribution in [0.25, 0.3) is 0 Å². The van der Waals surface area contributed by atoms with Crippen molar-refractivity contribution >= 4 is 11.8 Å². The molecule has 7 heteroatoms. The molecule has 1 aromatic rings. The molecule has 0 bridgehead atoms. The molecule has 4 nitrogen and oxygen atoms in total. The van der Waals surface area contributed by atoms with Crippen molar-refractivity contribution in [2.45, 2.75) is 39.0 Å². The maximum Gasteiger partial charge on any atom is 0.416 e. The summed E-state index contributed by atoms with van der Waals surface area (Å²) in [5.74, 6) is -0.938. The number of carbonyl (C=O) groups excluding carboxylic acids is 1. The topological polar surface area (TPSA) is 65.2 Å². The number of aromatic nitrogens is 1. The standard InChI is InChI=1S/C12H15F3N2O2/c1-11(2,3)19-10(18)6-8-4-7(12(13,14)15)5-9(16)17-8/h4-5H,6H2,1-3H3,(H2,16,17). The first-order valence-electron chi connectivity index (χ1n) is 5.53. The van der Waals surface area contributed by atoms with Gasteiger partial charge in [0, 0.05) is 0 Å². The molecule has 19 heavy (non-hydrogen) atoms. The average molecular weight is 276 g/mol. The monoisotopic (exact) mass is 276 g/mol. The van der Waals surface area contributed by atoms with E-state index in [1.165, 1.54) is 0 Å². The Bertz CT molecular complexity index is 479. The lowest BCUT2D eigenvalue weighted by atomic mass is 10.1. The number of nitrogens with zero attached hydrogens (tertiary/aromatic N) is 1. The molecule has 0 saturated heterocycles. The summed E-state index contributed by atoms with van der Waals surface area (Å²) in [7, 11) is 0. The molecule has 0 aromatic carbocycles. The number of hydrogen-bond donors (Lipinski definition) is 1. The van der Waals surface area contributed by atoms with Gasteiger partial charge in [-0.2, -0.15) is 13.2 Å². The summed E-state index contributed by atoms with van der Waals surface area (Å²) in [5.41, 5.74) is 3.59. The van der Waals surface area contributed by atoms with Gasteiger partial charge in [-0.1, -0.05) is 0 Å². The molecule has 0 aliphatic rings. The number of rotatable bonds is 2. The molecule has 0 atom stereocenters. The van der Waals surface area contributed by atoms with E-state index in [2.05, 4.69) is 4.98 Å². The number of halogens is 3. The van der Waals surface area contributed by atoms with Gasteiger partial charge in [-0.15, -0.1) is 0 Å². The van der Waals surface area contributed by atoms with Gasteiger partial charge in [0.25, 0.3) is 0 Å². The lowest BCUT2D eigenvalue weighted by Crippen LogP contribution is -2.25. The van der Waals surface area contributed by atoms with Gasteiger partial charge in [0.2, 0.25) is 0 Å². The Balaban J connectivity index is 2.91. The molecule has 0 unspecified atom stereocenters. The highest BCUT2D eigenvalue weighted by atomic mass is 19.4. The number of carbonyl (C=O) groups is 1. The van der Waals surface area contributed by atoms with Crippen molar-refractivity contribution in [3.05, 3.63) is 23.4 Å². The molecule has 0 spiro atoms. The van der Waals surface area contributed by atoms with Crippen LogP contribution in [0, 0.1) is 0 Å². The molecule has 106 valence electrons. The van der Waals surface area contributed by atoms with Gasteiger partial charge >= 0.3 is 12.1 Å². The highest BCUT2D eigenvalue weighted by Crippen LogP contribution is 2.30. The molecule has 0 amide bonds. The number of ether oxygens (including phenoxy) is 1. The third-order valence-electron chi connectivity index (χ3n) is 1.97. The quantitative estimate of drug-likeness (QED) is 0.843. The fourth-order valence-corrected chi connectivity index (χ4v) is 1.39. The van der Waals surface area contributed by atoms with Crippen LogP contribution in [0.3, 0.4) is 0 Å². The summed E-state index contributed by atoms with van der Waals surface area (Å²) >= 11 is 0. The van der Waals surface area contributed by atoms with Crippen LogP contribution in [0.1, 0.15) is 32.0 Å². The first kappa shape index (κ1) is 15.3. The summed E-state index contributed by atoms with van der Waals surface area (Å²) < 4.78 is 42.7. The van der Waals surface area contributed by atoms with Crippen molar-refractivity contribution < 1.29 is 22.7 Å². The molecule has 1 rings (SSSR count). The first-order valence-corrected chi connectivity index (χ1v) is 5.53. The first-order chi connectivity index (χ1) is 8.47. The zero-order valence-electron chi connectivity index (χ0n) is 10.8. The number of esters is 1. The lowest BCUT2D eigenvalue weighted by molar-refractivity contribution is -0.154. The number of nitrogen functional groups attached to an aromatic ring is 1. The van der Waals surface area contributed by atoms with E-state index in [4.69, 9.17) is 10.5 Å². The van der Waals surface area contributed by atoms with Crippen LogP contribution in [-0.4, -0.2) is 16.6 Å². The number of nitrogens with two attached hydrogens (primary N) is 1. The Morgan fingerprint density at radius 3 is 2.37 bits per heavy atom. The molecule has 0 aliphatic heterocycles. The van der Waals surface area contributed by atoms with Crippen LogP contribution in [-0.2, 0) is 22.1 Å². The van der Waals surface area contributed by atoms with Crippen molar-refractivity contribution in [2.24, 2.45) is 0 Å². The summed E-state index contributed by atoms with van der Waals surface area (Å²) in [6, 6.07) is 1.51. The minimum absolute atomic E-state index is 0.0680. The second kappa shape index (κ2) is 5.07. The Morgan fingerprint density at radius 2 is 1.89 bits per heavy atom. The van der Waals surface area contributed by atoms with Gasteiger partial charge in [-0.05, 0) is 32.9 Å². The van der Waals surface area contributed by atoms with Crippen LogP contribution in [0.5, 0.6) is 0 Å². The summed E-state index contributed by atoms with van der Waals surface area (Å²) in [6.45, 7) is 5.00. The van der Waals surface area contributed by atoms with E-state index >= 15 is 0 Å². The predicted molar refractivity (Wildman–Crippen MR) is 63.2 cm³/mol. The van der Waals surface area contributed by atoms with E-state index in [0.29, 0.717) is 0 Å². The molecule has 1 aromatic heterocycles. The second-order valence-corrected chi connectivity index (χ2v) is 5.03. The fourth-order valence-electron chi connectivity index (χ4n) is 1.39. The number of hydrogen-bond acceptors (Lipinski definition) is 4. The lowest BCUT2D eigenvalue weighted by Gasteiger charge is -2.19. The Morgan fingerprint density at radius 1 is 1.32 bits per heavy atom. The Labute approximate surface area is 108 Å². The van der Waals surface area contributed by atoms with E-state index in [-0.39, 0.29) is 17.9 Å². The zero-order chi connectivity index (χ0) is 14.8. The average Bonchev–Trinajstić information content (AvgIpc) is 2.11. The van der Waals surface area contributed by atoms with E-state index < -0.39 is 23.3 Å². The largest absolute Gasteiger partial charge is 0.460 e. The zero-order valence-corrected chi connectivity index (χ0v) is 10.8. The Hall–Kier alpha value is -1.79. The van der Waals surface area contributed by atoms with Crippen LogP contribution < -0.4 is 5.73 Å². The van der Waals surface area contributed by atoms with Gasteiger partial charge in [0.15, 0.2) is 0 Å². The van der Waals surface area contributed by atoms with E-state index in [9.17, 15) is 18.0 Å². The normalized spacial score (nSPS) is 12.3. The highest BCUT2D eigenvalue weighted by Gasteiger charge is 2.31. The van der Waals surface area contributed by atoms with Gasteiger partial charge in [-0.25, -0.2) is 4.98 Å². The number of alkyl halides is 3. The molecule has 0 aliphatic carbocycles. The molecule has 0 radical (unpaired) electrons. The minimum Gasteiger partial charge on any atom is -0.460 e. The van der Waals surface area contributed by atoms with Gasteiger partial charge < -0.3 is 10.5 Å². The number of anilines is 1. The summed E-state index contributed by atoms with van der Waals surface area (Å²) in [4.78, 5) is 15.2. The molecule has 0 saturated carbocycles. The van der Waals surface area contributed by atoms with Crippen molar-refractivity contribution in [1.29, 1.82) is 0 Å². The molecular formula is C12H15F3N2O2. The van der Waals surface area contributed by atoms with E-state index in [1.54, 1.807) is 20.8 Å². The smallest absolute Gasteiger partial charge is 0.416 e. The van der Waals surface area contributed by atoms with Crippen molar-refractivity contribution in [2.75, 3.05) is 5.73 Å². The fraction of sp³-hybridized carbons (Fsp3) is 0.500. The van der Waals surface area contributed by atoms with E-state index in [0.717, 1.165) is 12.1 Å². The minimum atomic E-state index is -4.53. The predicted octanol–water partition coefficient (Wildman–Crippen LogP) is 2.57.